The van der Waals surface area contributed by atoms with Crippen LogP contribution >= 0.6 is 0 Å². The number of carbonyl (C=O) groups is 1. The van der Waals surface area contributed by atoms with E-state index in [2.05, 4.69) is 34.8 Å². The van der Waals surface area contributed by atoms with Gasteiger partial charge in [0.15, 0.2) is 0 Å². The lowest BCUT2D eigenvalue weighted by Gasteiger charge is -2.19. The SMILES string of the molecule is CC(NCc1ccc(CNC(=O)OC(C)(C)C)cc1)c1cnn(C)c1. The number of hydrogen-bond acceptors (Lipinski definition) is 4. The molecule has 2 aromatic rings. The number of ether oxygens (including phenoxy) is 1. The van der Waals surface area contributed by atoms with Crippen LogP contribution in [0.3, 0.4) is 0 Å². The molecule has 0 aliphatic rings. The van der Waals surface area contributed by atoms with Gasteiger partial charge in [0.1, 0.15) is 5.60 Å². The summed E-state index contributed by atoms with van der Waals surface area (Å²) in [6, 6.07) is 8.40. The van der Waals surface area contributed by atoms with Crippen molar-refractivity contribution >= 4 is 6.09 Å². The van der Waals surface area contributed by atoms with Gasteiger partial charge in [0, 0.05) is 37.9 Å². The number of alkyl carbamates (subject to hydrolysis) is 1. The molecule has 0 radical (unpaired) electrons. The summed E-state index contributed by atoms with van der Waals surface area (Å²) < 4.78 is 7.03. The number of benzene rings is 1. The molecule has 0 aliphatic heterocycles. The Labute approximate surface area is 149 Å². The molecule has 0 bridgehead atoms. The van der Waals surface area contributed by atoms with E-state index in [1.165, 1.54) is 11.1 Å². The first kappa shape index (κ1) is 19.0. The summed E-state index contributed by atoms with van der Waals surface area (Å²) in [5.74, 6) is 0. The molecule has 0 fully saturated rings. The fourth-order valence-corrected chi connectivity index (χ4v) is 2.32. The maximum Gasteiger partial charge on any atom is 0.407 e. The molecule has 25 heavy (non-hydrogen) atoms. The molecule has 1 amide bonds. The minimum absolute atomic E-state index is 0.238. The van der Waals surface area contributed by atoms with Gasteiger partial charge in [-0.15, -0.1) is 0 Å². The second kappa shape index (κ2) is 8.16. The second-order valence-electron chi connectivity index (χ2n) is 7.22. The Morgan fingerprint density at radius 3 is 2.32 bits per heavy atom. The van der Waals surface area contributed by atoms with Gasteiger partial charge >= 0.3 is 6.09 Å². The molecule has 6 nitrogen and oxygen atoms in total. The first-order chi connectivity index (χ1) is 11.7. The van der Waals surface area contributed by atoms with E-state index in [4.69, 9.17) is 4.74 Å². The molecule has 1 heterocycles. The highest BCUT2D eigenvalue weighted by atomic mass is 16.6. The average Bonchev–Trinajstić information content (AvgIpc) is 2.96. The molecule has 0 spiro atoms. The number of amides is 1. The highest BCUT2D eigenvalue weighted by Gasteiger charge is 2.15. The lowest BCUT2D eigenvalue weighted by Crippen LogP contribution is -2.32. The third kappa shape index (κ3) is 6.58. The van der Waals surface area contributed by atoms with Crippen LogP contribution in [0.5, 0.6) is 0 Å². The lowest BCUT2D eigenvalue weighted by molar-refractivity contribution is 0.0523. The van der Waals surface area contributed by atoms with Crippen LogP contribution in [-0.2, 0) is 24.9 Å². The summed E-state index contributed by atoms with van der Waals surface area (Å²) in [6.07, 6.45) is 3.50. The van der Waals surface area contributed by atoms with Crippen molar-refractivity contribution in [2.24, 2.45) is 7.05 Å². The van der Waals surface area contributed by atoms with Crippen molar-refractivity contribution in [2.75, 3.05) is 0 Å². The van der Waals surface area contributed by atoms with Gasteiger partial charge in [-0.2, -0.15) is 5.10 Å². The molecule has 0 saturated heterocycles. The third-order valence-corrected chi connectivity index (χ3v) is 3.70. The largest absolute Gasteiger partial charge is 0.444 e. The molecule has 0 aliphatic carbocycles. The summed E-state index contributed by atoms with van der Waals surface area (Å²) in [6.45, 7) is 8.89. The number of aryl methyl sites for hydroxylation is 1. The fourth-order valence-electron chi connectivity index (χ4n) is 2.32. The van der Waals surface area contributed by atoms with Gasteiger partial charge in [-0.25, -0.2) is 4.79 Å². The van der Waals surface area contributed by atoms with Crippen LogP contribution in [0, 0.1) is 0 Å². The van der Waals surface area contributed by atoms with Crippen molar-refractivity contribution in [3.05, 3.63) is 53.3 Å². The normalized spacial score (nSPS) is 12.7. The molecular weight excluding hydrogens is 316 g/mol. The lowest BCUT2D eigenvalue weighted by atomic mass is 10.1. The van der Waals surface area contributed by atoms with Crippen molar-refractivity contribution in [3.63, 3.8) is 0 Å². The van der Waals surface area contributed by atoms with Gasteiger partial charge in [0.25, 0.3) is 0 Å². The van der Waals surface area contributed by atoms with Gasteiger partial charge in [-0.05, 0) is 38.8 Å². The number of aromatic nitrogens is 2. The van der Waals surface area contributed by atoms with Crippen LogP contribution in [-0.4, -0.2) is 21.5 Å². The van der Waals surface area contributed by atoms with Crippen LogP contribution in [0.15, 0.2) is 36.7 Å². The molecule has 1 atom stereocenters. The number of nitrogens with one attached hydrogen (secondary N) is 2. The standard InChI is InChI=1S/C19H28N4O2/c1-14(17-12-22-23(5)13-17)20-10-15-6-8-16(9-7-15)11-21-18(24)25-19(2,3)4/h6-9,12-14,20H,10-11H2,1-5H3,(H,21,24). The fraction of sp³-hybridized carbons (Fsp3) is 0.474. The number of carbonyl (C=O) groups excluding carboxylic acids is 1. The van der Waals surface area contributed by atoms with Gasteiger partial charge in [0.05, 0.1) is 6.20 Å². The molecule has 0 saturated carbocycles. The maximum atomic E-state index is 11.7. The minimum atomic E-state index is -0.482. The smallest absolute Gasteiger partial charge is 0.407 e. The summed E-state index contributed by atoms with van der Waals surface area (Å²) in [5, 5.41) is 10.4. The monoisotopic (exact) mass is 344 g/mol. The van der Waals surface area contributed by atoms with Crippen molar-refractivity contribution in [3.8, 4) is 0 Å². The number of rotatable bonds is 6. The molecule has 1 aromatic carbocycles. The third-order valence-electron chi connectivity index (χ3n) is 3.70. The first-order valence-corrected chi connectivity index (χ1v) is 8.49. The number of hydrogen-bond donors (Lipinski definition) is 2. The highest BCUT2D eigenvalue weighted by molar-refractivity contribution is 5.67. The predicted octanol–water partition coefficient (Wildman–Crippen LogP) is 3.30. The van der Waals surface area contributed by atoms with Crippen LogP contribution in [0.25, 0.3) is 0 Å². The first-order valence-electron chi connectivity index (χ1n) is 8.49. The Bertz CT molecular complexity index is 686. The Morgan fingerprint density at radius 1 is 1.20 bits per heavy atom. The van der Waals surface area contributed by atoms with Crippen molar-refractivity contribution < 1.29 is 9.53 Å². The van der Waals surface area contributed by atoms with Crippen LogP contribution < -0.4 is 10.6 Å². The Balaban J connectivity index is 1.78. The van der Waals surface area contributed by atoms with Crippen molar-refractivity contribution in [2.45, 2.75) is 52.4 Å². The summed E-state index contributed by atoms with van der Waals surface area (Å²) in [7, 11) is 1.92. The number of nitrogens with zero attached hydrogens (tertiary/aromatic N) is 2. The topological polar surface area (TPSA) is 68.2 Å². The van der Waals surface area contributed by atoms with Crippen LogP contribution in [0.2, 0.25) is 0 Å². The minimum Gasteiger partial charge on any atom is -0.444 e. The quantitative estimate of drug-likeness (QED) is 0.844. The zero-order valence-corrected chi connectivity index (χ0v) is 15.7. The van der Waals surface area contributed by atoms with E-state index in [0.717, 1.165) is 12.1 Å². The van der Waals surface area contributed by atoms with E-state index in [9.17, 15) is 4.79 Å². The Morgan fingerprint density at radius 2 is 1.80 bits per heavy atom. The molecule has 1 unspecified atom stereocenters. The van der Waals surface area contributed by atoms with Gasteiger partial charge in [-0.1, -0.05) is 24.3 Å². The van der Waals surface area contributed by atoms with Crippen molar-refractivity contribution in [1.29, 1.82) is 0 Å². The summed E-state index contributed by atoms with van der Waals surface area (Å²) in [5.41, 5.74) is 2.91. The molecule has 2 rings (SSSR count). The Hall–Kier alpha value is -2.34. The maximum absolute atomic E-state index is 11.7. The zero-order chi connectivity index (χ0) is 18.4. The van der Waals surface area contributed by atoms with E-state index < -0.39 is 11.7 Å². The van der Waals surface area contributed by atoms with Gasteiger partial charge < -0.3 is 15.4 Å². The molecular formula is C19H28N4O2. The Kier molecular flexibility index (Phi) is 6.20. The van der Waals surface area contributed by atoms with Crippen molar-refractivity contribution in [1.82, 2.24) is 20.4 Å². The summed E-state index contributed by atoms with van der Waals surface area (Å²) >= 11 is 0. The predicted molar refractivity (Wildman–Crippen MR) is 98.0 cm³/mol. The van der Waals surface area contributed by atoms with E-state index in [0.29, 0.717) is 6.54 Å². The van der Waals surface area contributed by atoms with E-state index in [1.54, 1.807) is 4.68 Å². The average molecular weight is 344 g/mol. The summed E-state index contributed by atoms with van der Waals surface area (Å²) in [4.78, 5) is 11.7. The van der Waals surface area contributed by atoms with Gasteiger partial charge in [0.2, 0.25) is 0 Å². The molecule has 1 aromatic heterocycles. The van der Waals surface area contributed by atoms with E-state index in [-0.39, 0.29) is 6.04 Å². The molecule has 6 heteroatoms. The van der Waals surface area contributed by atoms with E-state index in [1.807, 2.05) is 52.3 Å². The second-order valence-corrected chi connectivity index (χ2v) is 7.22. The highest BCUT2D eigenvalue weighted by Crippen LogP contribution is 2.12. The van der Waals surface area contributed by atoms with Gasteiger partial charge in [-0.3, -0.25) is 4.68 Å². The molecule has 2 N–H and O–H groups in total. The van der Waals surface area contributed by atoms with E-state index >= 15 is 0 Å². The molecule has 136 valence electrons. The van der Waals surface area contributed by atoms with Crippen LogP contribution in [0.4, 0.5) is 4.79 Å². The zero-order valence-electron chi connectivity index (χ0n) is 15.7. The van der Waals surface area contributed by atoms with Crippen LogP contribution in [0.1, 0.15) is 50.4 Å².